The maximum absolute atomic E-state index is 3.60. The maximum Gasteiger partial charge on any atom is 0.0423 e. The molecule has 0 amide bonds. The molecule has 1 aromatic carbocycles. The largest absolute Gasteiger partial charge is 0.371 e. The third-order valence-corrected chi connectivity index (χ3v) is 4.28. The summed E-state index contributed by atoms with van der Waals surface area (Å²) in [6, 6.07) is 6.72. The topological polar surface area (TPSA) is 6.48 Å². The fourth-order valence-corrected chi connectivity index (χ4v) is 2.96. The molecule has 2 nitrogen and oxygen atoms in total. The molecule has 1 aliphatic rings. The van der Waals surface area contributed by atoms with E-state index in [0.29, 0.717) is 0 Å². The second-order valence-corrected chi connectivity index (χ2v) is 5.84. The SMILES string of the molecule is CCN(CC)Cc1ccc(Br)cc1N1CCCC1. The van der Waals surface area contributed by atoms with Crippen LogP contribution in [0.3, 0.4) is 0 Å². The molecule has 0 N–H and O–H groups in total. The van der Waals surface area contributed by atoms with Gasteiger partial charge >= 0.3 is 0 Å². The van der Waals surface area contributed by atoms with E-state index >= 15 is 0 Å². The molecule has 2 rings (SSSR count). The van der Waals surface area contributed by atoms with Gasteiger partial charge in [-0.25, -0.2) is 0 Å². The Kier molecular flexibility index (Phi) is 5.07. The molecule has 3 heteroatoms. The predicted molar refractivity (Wildman–Crippen MR) is 82.2 cm³/mol. The molecular formula is C15H23BrN2. The monoisotopic (exact) mass is 310 g/mol. The van der Waals surface area contributed by atoms with E-state index in [4.69, 9.17) is 0 Å². The number of hydrogen-bond acceptors (Lipinski definition) is 2. The molecule has 0 atom stereocenters. The zero-order valence-electron chi connectivity index (χ0n) is 11.5. The van der Waals surface area contributed by atoms with Crippen LogP contribution >= 0.6 is 15.9 Å². The molecule has 100 valence electrons. The number of nitrogens with zero attached hydrogens (tertiary/aromatic N) is 2. The van der Waals surface area contributed by atoms with Gasteiger partial charge in [0.15, 0.2) is 0 Å². The Morgan fingerprint density at radius 3 is 2.44 bits per heavy atom. The van der Waals surface area contributed by atoms with E-state index < -0.39 is 0 Å². The molecule has 0 aromatic heterocycles. The van der Waals surface area contributed by atoms with Gasteiger partial charge in [-0.2, -0.15) is 0 Å². The van der Waals surface area contributed by atoms with Crippen molar-refractivity contribution < 1.29 is 0 Å². The molecule has 0 spiro atoms. The molecule has 0 radical (unpaired) electrons. The summed E-state index contributed by atoms with van der Waals surface area (Å²) < 4.78 is 1.19. The Labute approximate surface area is 119 Å². The van der Waals surface area contributed by atoms with Crippen molar-refractivity contribution in [3.8, 4) is 0 Å². The summed E-state index contributed by atoms with van der Waals surface area (Å²) in [4.78, 5) is 5.01. The minimum absolute atomic E-state index is 1.06. The molecule has 0 bridgehead atoms. The van der Waals surface area contributed by atoms with Crippen molar-refractivity contribution in [2.24, 2.45) is 0 Å². The van der Waals surface area contributed by atoms with Crippen molar-refractivity contribution in [3.05, 3.63) is 28.2 Å². The van der Waals surface area contributed by atoms with Crippen molar-refractivity contribution in [1.29, 1.82) is 0 Å². The zero-order chi connectivity index (χ0) is 13.0. The van der Waals surface area contributed by atoms with Gasteiger partial charge in [-0.3, -0.25) is 4.90 Å². The minimum Gasteiger partial charge on any atom is -0.371 e. The summed E-state index contributed by atoms with van der Waals surface area (Å²) in [5, 5.41) is 0. The molecule has 1 aromatic rings. The van der Waals surface area contributed by atoms with Crippen LogP contribution in [0, 0.1) is 0 Å². The summed E-state index contributed by atoms with van der Waals surface area (Å²) in [6.07, 6.45) is 2.66. The molecule has 1 saturated heterocycles. The molecule has 0 unspecified atom stereocenters. The fraction of sp³-hybridized carbons (Fsp3) is 0.600. The van der Waals surface area contributed by atoms with Gasteiger partial charge in [-0.15, -0.1) is 0 Å². The average Bonchev–Trinajstić information content (AvgIpc) is 2.91. The first-order valence-electron chi connectivity index (χ1n) is 7.00. The van der Waals surface area contributed by atoms with Crippen molar-refractivity contribution in [2.75, 3.05) is 31.1 Å². The van der Waals surface area contributed by atoms with Gasteiger partial charge < -0.3 is 4.90 Å². The lowest BCUT2D eigenvalue weighted by Gasteiger charge is -2.25. The van der Waals surface area contributed by atoms with Crippen LogP contribution in [0.2, 0.25) is 0 Å². The summed E-state index contributed by atoms with van der Waals surface area (Å²) in [5.41, 5.74) is 2.89. The summed E-state index contributed by atoms with van der Waals surface area (Å²) in [7, 11) is 0. The first-order valence-corrected chi connectivity index (χ1v) is 7.79. The Morgan fingerprint density at radius 2 is 1.83 bits per heavy atom. The van der Waals surface area contributed by atoms with Crippen LogP contribution in [0.4, 0.5) is 5.69 Å². The lowest BCUT2D eigenvalue weighted by molar-refractivity contribution is 0.296. The fourth-order valence-electron chi connectivity index (χ4n) is 2.61. The second-order valence-electron chi connectivity index (χ2n) is 4.93. The molecular weight excluding hydrogens is 288 g/mol. The van der Waals surface area contributed by atoms with Crippen LogP contribution in [0.25, 0.3) is 0 Å². The van der Waals surface area contributed by atoms with Gasteiger partial charge in [0.2, 0.25) is 0 Å². The smallest absolute Gasteiger partial charge is 0.0423 e. The number of anilines is 1. The Bertz CT molecular complexity index is 382. The Hall–Kier alpha value is -0.540. The minimum atomic E-state index is 1.06. The van der Waals surface area contributed by atoms with Crippen molar-refractivity contribution in [3.63, 3.8) is 0 Å². The molecule has 1 heterocycles. The highest BCUT2D eigenvalue weighted by Crippen LogP contribution is 2.29. The van der Waals surface area contributed by atoms with E-state index in [-0.39, 0.29) is 0 Å². The van der Waals surface area contributed by atoms with Crippen LogP contribution in [0.15, 0.2) is 22.7 Å². The standard InChI is InChI=1S/C15H23BrN2/c1-3-17(4-2)12-13-7-8-14(16)11-15(13)18-9-5-6-10-18/h7-8,11H,3-6,9-10,12H2,1-2H3. The summed E-state index contributed by atoms with van der Waals surface area (Å²) in [5.74, 6) is 0. The van der Waals surface area contributed by atoms with Gasteiger partial charge in [0.1, 0.15) is 0 Å². The van der Waals surface area contributed by atoms with Gasteiger partial charge in [-0.1, -0.05) is 35.8 Å². The molecule has 1 aliphatic heterocycles. The lowest BCUT2D eigenvalue weighted by atomic mass is 10.1. The lowest BCUT2D eigenvalue weighted by Crippen LogP contribution is -2.25. The van der Waals surface area contributed by atoms with Crippen LogP contribution < -0.4 is 4.90 Å². The first kappa shape index (κ1) is 13.9. The number of halogens is 1. The Balaban J connectivity index is 2.22. The third-order valence-electron chi connectivity index (χ3n) is 3.78. The highest BCUT2D eigenvalue weighted by Gasteiger charge is 2.16. The first-order chi connectivity index (χ1) is 8.74. The number of rotatable bonds is 5. The number of benzene rings is 1. The van der Waals surface area contributed by atoms with Crippen molar-refractivity contribution >= 4 is 21.6 Å². The van der Waals surface area contributed by atoms with Gasteiger partial charge in [0, 0.05) is 29.8 Å². The van der Waals surface area contributed by atoms with Crippen LogP contribution in [-0.4, -0.2) is 31.1 Å². The van der Waals surface area contributed by atoms with E-state index in [0.717, 1.165) is 19.6 Å². The molecule has 0 saturated carbocycles. The Morgan fingerprint density at radius 1 is 1.17 bits per heavy atom. The highest BCUT2D eigenvalue weighted by molar-refractivity contribution is 9.10. The van der Waals surface area contributed by atoms with Crippen LogP contribution in [0.5, 0.6) is 0 Å². The van der Waals surface area contributed by atoms with E-state index in [1.165, 1.54) is 41.7 Å². The van der Waals surface area contributed by atoms with Crippen molar-refractivity contribution in [1.82, 2.24) is 4.90 Å². The summed E-state index contributed by atoms with van der Waals surface area (Å²) >= 11 is 3.60. The van der Waals surface area contributed by atoms with Gasteiger partial charge in [-0.05, 0) is 43.6 Å². The molecule has 0 aliphatic carbocycles. The van der Waals surface area contributed by atoms with E-state index in [1.807, 2.05) is 0 Å². The van der Waals surface area contributed by atoms with E-state index in [9.17, 15) is 0 Å². The third kappa shape index (κ3) is 3.27. The highest BCUT2D eigenvalue weighted by atomic mass is 79.9. The summed E-state index contributed by atoms with van der Waals surface area (Å²) in [6.45, 7) is 10.2. The zero-order valence-corrected chi connectivity index (χ0v) is 13.0. The van der Waals surface area contributed by atoms with Crippen LogP contribution in [0.1, 0.15) is 32.3 Å². The van der Waals surface area contributed by atoms with E-state index in [1.54, 1.807) is 0 Å². The quantitative estimate of drug-likeness (QED) is 0.814. The van der Waals surface area contributed by atoms with E-state index in [2.05, 4.69) is 57.8 Å². The average molecular weight is 311 g/mol. The van der Waals surface area contributed by atoms with Crippen LogP contribution in [-0.2, 0) is 6.54 Å². The van der Waals surface area contributed by atoms with Gasteiger partial charge in [0.25, 0.3) is 0 Å². The predicted octanol–water partition coefficient (Wildman–Crippen LogP) is 3.89. The van der Waals surface area contributed by atoms with Crippen molar-refractivity contribution in [2.45, 2.75) is 33.2 Å². The molecule has 1 fully saturated rings. The number of hydrogen-bond donors (Lipinski definition) is 0. The molecule has 18 heavy (non-hydrogen) atoms. The maximum atomic E-state index is 3.60. The normalized spacial score (nSPS) is 15.7. The van der Waals surface area contributed by atoms with Gasteiger partial charge in [0.05, 0.1) is 0 Å². The second kappa shape index (κ2) is 6.58.